The van der Waals surface area contributed by atoms with Crippen LogP contribution in [0, 0.1) is 5.92 Å². The maximum atomic E-state index is 6.54. The molecule has 0 amide bonds. The van der Waals surface area contributed by atoms with Crippen molar-refractivity contribution in [3.05, 3.63) is 0 Å². The minimum Gasteiger partial charge on any atom is -0.324 e. The van der Waals surface area contributed by atoms with Gasteiger partial charge in [0.25, 0.3) is 5.97 Å². The van der Waals surface area contributed by atoms with Gasteiger partial charge >= 0.3 is 0 Å². The van der Waals surface area contributed by atoms with Gasteiger partial charge < -0.3 is 14.2 Å². The van der Waals surface area contributed by atoms with E-state index in [2.05, 4.69) is 55.4 Å². The van der Waals surface area contributed by atoms with E-state index < -0.39 is 5.97 Å². The van der Waals surface area contributed by atoms with Crippen molar-refractivity contribution in [3.8, 4) is 0 Å². The lowest BCUT2D eigenvalue weighted by atomic mass is 9.94. The predicted molar refractivity (Wildman–Crippen MR) is 117 cm³/mol. The monoisotopic (exact) mass is 386 g/mol. The van der Waals surface area contributed by atoms with Gasteiger partial charge in [0.2, 0.25) is 0 Å². The highest BCUT2D eigenvalue weighted by Crippen LogP contribution is 2.37. The first-order chi connectivity index (χ1) is 12.9. The quantitative estimate of drug-likeness (QED) is 0.177. The summed E-state index contributed by atoms with van der Waals surface area (Å²) in [4.78, 5) is 0. The maximum absolute atomic E-state index is 6.54. The van der Waals surface area contributed by atoms with Crippen molar-refractivity contribution in [2.24, 2.45) is 5.92 Å². The Morgan fingerprint density at radius 1 is 0.556 bits per heavy atom. The number of rotatable bonds is 18. The lowest BCUT2D eigenvalue weighted by Crippen LogP contribution is -2.51. The molecule has 4 atom stereocenters. The fourth-order valence-corrected chi connectivity index (χ4v) is 3.27. The van der Waals surface area contributed by atoms with Crippen LogP contribution in [-0.2, 0) is 14.2 Å². The minimum absolute atomic E-state index is 0.122. The summed E-state index contributed by atoms with van der Waals surface area (Å²) in [5.41, 5.74) is 0. The average Bonchev–Trinajstić information content (AvgIpc) is 2.66. The molecule has 0 bridgehead atoms. The molecule has 0 aromatic carbocycles. The van der Waals surface area contributed by atoms with Crippen LogP contribution < -0.4 is 0 Å². The standard InChI is InChI=1S/C24H50O3/c1-9-14-15-16-17-18-19-23(13-5)24(25-20(6)10-2,26-21(7)11-3)27-22(8)12-4/h20-23H,9-19H2,1-8H3. The predicted octanol–water partition coefficient (Wildman–Crippen LogP) is 7.86. The number of hydrogen-bond donors (Lipinski definition) is 0. The Morgan fingerprint density at radius 3 is 1.33 bits per heavy atom. The fourth-order valence-electron chi connectivity index (χ4n) is 3.27. The second kappa shape index (κ2) is 15.8. The van der Waals surface area contributed by atoms with Crippen molar-refractivity contribution >= 4 is 0 Å². The molecule has 0 aliphatic rings. The number of unbranched alkanes of at least 4 members (excludes halogenated alkanes) is 5. The van der Waals surface area contributed by atoms with Crippen LogP contribution in [-0.4, -0.2) is 24.3 Å². The normalized spacial score (nSPS) is 18.7. The molecule has 0 saturated carbocycles. The largest absolute Gasteiger partial charge is 0.324 e. The smallest absolute Gasteiger partial charge is 0.286 e. The van der Waals surface area contributed by atoms with E-state index in [1.807, 2.05) is 0 Å². The van der Waals surface area contributed by atoms with Crippen molar-refractivity contribution in [1.82, 2.24) is 0 Å². The Bertz CT molecular complexity index is 300. The lowest BCUT2D eigenvalue weighted by Gasteiger charge is -2.44. The van der Waals surface area contributed by atoms with Crippen LogP contribution in [0.5, 0.6) is 0 Å². The third-order valence-corrected chi connectivity index (χ3v) is 5.72. The summed E-state index contributed by atoms with van der Waals surface area (Å²) in [6.07, 6.45) is 13.2. The van der Waals surface area contributed by atoms with Crippen molar-refractivity contribution in [3.63, 3.8) is 0 Å². The van der Waals surface area contributed by atoms with E-state index in [1.165, 1.54) is 38.5 Å². The second-order valence-electron chi connectivity index (χ2n) is 8.28. The highest BCUT2D eigenvalue weighted by molar-refractivity contribution is 4.75. The molecule has 164 valence electrons. The SMILES string of the molecule is CCCCCCCCC(CC)C(OC(C)CC)(OC(C)CC)OC(C)CC. The summed E-state index contributed by atoms with van der Waals surface area (Å²) >= 11 is 0. The highest BCUT2D eigenvalue weighted by atomic mass is 16.9. The van der Waals surface area contributed by atoms with Gasteiger partial charge in [0, 0.05) is 5.92 Å². The van der Waals surface area contributed by atoms with E-state index in [0.717, 1.165) is 32.1 Å². The maximum Gasteiger partial charge on any atom is 0.286 e. The second-order valence-corrected chi connectivity index (χ2v) is 8.28. The van der Waals surface area contributed by atoms with Gasteiger partial charge in [-0.25, -0.2) is 0 Å². The van der Waals surface area contributed by atoms with Crippen LogP contribution in [0.4, 0.5) is 0 Å². The van der Waals surface area contributed by atoms with Crippen molar-refractivity contribution < 1.29 is 14.2 Å². The molecule has 0 radical (unpaired) electrons. The molecule has 0 N–H and O–H groups in total. The summed E-state index contributed by atoms with van der Waals surface area (Å²) < 4.78 is 19.6. The summed E-state index contributed by atoms with van der Waals surface area (Å²) in [6, 6.07) is 0. The van der Waals surface area contributed by atoms with Gasteiger partial charge in [0.05, 0.1) is 18.3 Å². The Labute approximate surface area is 170 Å². The first-order valence-corrected chi connectivity index (χ1v) is 11.9. The van der Waals surface area contributed by atoms with E-state index in [1.54, 1.807) is 0 Å². The summed E-state index contributed by atoms with van der Waals surface area (Å²) in [6.45, 7) is 17.4. The fraction of sp³-hybridized carbons (Fsp3) is 1.00. The van der Waals surface area contributed by atoms with Crippen LogP contribution in [0.1, 0.15) is 126 Å². The van der Waals surface area contributed by atoms with E-state index >= 15 is 0 Å². The molecule has 0 aliphatic heterocycles. The van der Waals surface area contributed by atoms with Crippen LogP contribution >= 0.6 is 0 Å². The molecular formula is C24H50O3. The molecule has 0 fully saturated rings. The van der Waals surface area contributed by atoms with Crippen LogP contribution in [0.2, 0.25) is 0 Å². The molecule has 0 aromatic rings. The van der Waals surface area contributed by atoms with Gasteiger partial charge in [-0.05, 0) is 52.9 Å². The minimum atomic E-state index is -0.918. The molecule has 3 heteroatoms. The number of ether oxygens (including phenoxy) is 3. The Hall–Kier alpha value is -0.120. The zero-order chi connectivity index (χ0) is 20.7. The Kier molecular flexibility index (Phi) is 15.7. The third kappa shape index (κ3) is 10.9. The van der Waals surface area contributed by atoms with Crippen LogP contribution in [0.15, 0.2) is 0 Å². The van der Waals surface area contributed by atoms with Gasteiger partial charge in [-0.3, -0.25) is 0 Å². The molecule has 0 saturated heterocycles. The molecule has 0 spiro atoms. The first-order valence-electron chi connectivity index (χ1n) is 11.9. The van der Waals surface area contributed by atoms with E-state index in [4.69, 9.17) is 14.2 Å². The summed E-state index contributed by atoms with van der Waals surface area (Å²) in [5, 5.41) is 0. The average molecular weight is 387 g/mol. The Morgan fingerprint density at radius 2 is 0.963 bits per heavy atom. The molecule has 27 heavy (non-hydrogen) atoms. The molecule has 0 heterocycles. The van der Waals surface area contributed by atoms with E-state index in [9.17, 15) is 0 Å². The van der Waals surface area contributed by atoms with E-state index in [0.29, 0.717) is 0 Å². The van der Waals surface area contributed by atoms with E-state index in [-0.39, 0.29) is 24.2 Å². The van der Waals surface area contributed by atoms with Crippen LogP contribution in [0.3, 0.4) is 0 Å². The van der Waals surface area contributed by atoms with Gasteiger partial charge in [-0.15, -0.1) is 0 Å². The van der Waals surface area contributed by atoms with Crippen molar-refractivity contribution in [2.45, 2.75) is 150 Å². The van der Waals surface area contributed by atoms with Crippen molar-refractivity contribution in [2.75, 3.05) is 0 Å². The molecule has 0 rings (SSSR count). The summed E-state index contributed by atoms with van der Waals surface area (Å²) in [7, 11) is 0. The van der Waals surface area contributed by atoms with Crippen molar-refractivity contribution in [1.29, 1.82) is 0 Å². The van der Waals surface area contributed by atoms with Crippen LogP contribution in [0.25, 0.3) is 0 Å². The zero-order valence-corrected chi connectivity index (χ0v) is 19.8. The third-order valence-electron chi connectivity index (χ3n) is 5.72. The lowest BCUT2D eigenvalue weighted by molar-refractivity contribution is -0.437. The molecule has 0 aromatic heterocycles. The molecule has 4 unspecified atom stereocenters. The zero-order valence-electron chi connectivity index (χ0n) is 19.8. The molecular weight excluding hydrogens is 336 g/mol. The van der Waals surface area contributed by atoms with Gasteiger partial charge in [0.1, 0.15) is 0 Å². The highest BCUT2D eigenvalue weighted by Gasteiger charge is 2.45. The number of hydrogen-bond acceptors (Lipinski definition) is 3. The first kappa shape index (κ1) is 26.9. The summed E-state index contributed by atoms with van der Waals surface area (Å²) in [5.74, 6) is -0.654. The topological polar surface area (TPSA) is 27.7 Å². The molecule has 3 nitrogen and oxygen atoms in total. The molecule has 0 aliphatic carbocycles. The van der Waals surface area contributed by atoms with Gasteiger partial charge in [-0.2, -0.15) is 0 Å². The Balaban J connectivity index is 5.29. The van der Waals surface area contributed by atoms with Gasteiger partial charge in [0.15, 0.2) is 0 Å². The van der Waals surface area contributed by atoms with Gasteiger partial charge in [-0.1, -0.05) is 73.1 Å².